The van der Waals surface area contributed by atoms with Gasteiger partial charge in [-0.15, -0.1) is 0 Å². The average molecular weight is 460 g/mol. The summed E-state index contributed by atoms with van der Waals surface area (Å²) in [5.74, 6) is 1.23. The zero-order chi connectivity index (χ0) is 23.8. The van der Waals surface area contributed by atoms with Crippen molar-refractivity contribution >= 4 is 5.78 Å². The minimum atomic E-state index is -0.381. The zero-order valence-corrected chi connectivity index (χ0v) is 19.9. The lowest BCUT2D eigenvalue weighted by molar-refractivity contribution is -0.121. The van der Waals surface area contributed by atoms with Gasteiger partial charge < -0.3 is 9.47 Å². The van der Waals surface area contributed by atoms with Gasteiger partial charge in [0.15, 0.2) is 0 Å². The van der Waals surface area contributed by atoms with Gasteiger partial charge in [-0.1, -0.05) is 49.4 Å². The number of carbonyl (C=O) groups is 1. The first-order valence-electron chi connectivity index (χ1n) is 12.0. The van der Waals surface area contributed by atoms with E-state index in [9.17, 15) is 9.18 Å². The number of Topliss-reactive ketones (excluding diaryl/α,β-unsaturated/α-hetero) is 1. The minimum Gasteiger partial charge on any atom is -0.481 e. The maximum absolute atomic E-state index is 14.3. The Bertz CT molecular complexity index is 1200. The molecular weight excluding hydrogens is 429 g/mol. The van der Waals surface area contributed by atoms with Crippen LogP contribution in [0.5, 0.6) is 5.88 Å². The number of methoxy groups -OCH3 is 1. The van der Waals surface area contributed by atoms with Crippen LogP contribution in [0.15, 0.2) is 54.7 Å². The molecular formula is C29H30FNO3. The van der Waals surface area contributed by atoms with Crippen molar-refractivity contribution in [2.24, 2.45) is 11.8 Å². The lowest BCUT2D eigenvalue weighted by Crippen LogP contribution is -2.20. The highest BCUT2D eigenvalue weighted by Gasteiger charge is 2.37. The van der Waals surface area contributed by atoms with Crippen LogP contribution in [0, 0.1) is 17.7 Å². The summed E-state index contributed by atoms with van der Waals surface area (Å²) in [6.45, 7) is 4.34. The van der Waals surface area contributed by atoms with Crippen LogP contribution in [0.25, 0.3) is 11.1 Å². The second-order valence-electron chi connectivity index (χ2n) is 9.62. The number of benzene rings is 2. The van der Waals surface area contributed by atoms with E-state index >= 15 is 0 Å². The second-order valence-corrected chi connectivity index (χ2v) is 9.62. The summed E-state index contributed by atoms with van der Waals surface area (Å²) in [5.41, 5.74) is 6.09. The lowest BCUT2D eigenvalue weighted by Gasteiger charge is -2.28. The van der Waals surface area contributed by atoms with E-state index in [0.717, 1.165) is 17.5 Å². The molecule has 0 spiro atoms. The van der Waals surface area contributed by atoms with Crippen molar-refractivity contribution in [1.82, 2.24) is 4.98 Å². The van der Waals surface area contributed by atoms with Gasteiger partial charge in [-0.25, -0.2) is 9.37 Å². The van der Waals surface area contributed by atoms with Crippen LogP contribution in [0.1, 0.15) is 61.0 Å². The number of carbonyl (C=O) groups excluding carboxylic acids is 1. The molecule has 0 bridgehead atoms. The van der Waals surface area contributed by atoms with Gasteiger partial charge in [0.25, 0.3) is 0 Å². The monoisotopic (exact) mass is 459 g/mol. The van der Waals surface area contributed by atoms with Gasteiger partial charge >= 0.3 is 0 Å². The van der Waals surface area contributed by atoms with Gasteiger partial charge in [-0.2, -0.15) is 0 Å². The average Bonchev–Trinajstić information content (AvgIpc) is 3.69. The lowest BCUT2D eigenvalue weighted by atomic mass is 9.79. The van der Waals surface area contributed by atoms with Crippen LogP contribution in [0.4, 0.5) is 4.39 Å². The minimum absolute atomic E-state index is 0.0425. The molecule has 0 N–H and O–H groups in total. The summed E-state index contributed by atoms with van der Waals surface area (Å²) >= 11 is 0. The molecule has 2 heterocycles. The predicted octanol–water partition coefficient (Wildman–Crippen LogP) is 6.43. The Labute approximate surface area is 200 Å². The van der Waals surface area contributed by atoms with Gasteiger partial charge in [-0.05, 0) is 59.4 Å². The van der Waals surface area contributed by atoms with Crippen molar-refractivity contribution in [3.8, 4) is 17.0 Å². The van der Waals surface area contributed by atoms with E-state index in [0.29, 0.717) is 29.9 Å². The molecule has 5 heteroatoms. The highest BCUT2D eigenvalue weighted by molar-refractivity contribution is 5.79. The molecule has 2 aliphatic rings. The molecule has 1 saturated carbocycles. The molecule has 1 fully saturated rings. The van der Waals surface area contributed by atoms with Gasteiger partial charge in [0.2, 0.25) is 5.88 Å². The molecule has 0 amide bonds. The third-order valence-electron chi connectivity index (χ3n) is 7.40. The number of ether oxygens (including phenoxy) is 2. The Balaban J connectivity index is 1.37. The zero-order valence-electron chi connectivity index (χ0n) is 19.9. The fraction of sp³-hybridized carbons (Fsp3) is 0.379. The molecule has 1 aliphatic heterocycles. The molecule has 1 aliphatic carbocycles. The number of aromatic nitrogens is 1. The molecule has 34 heavy (non-hydrogen) atoms. The first-order valence-corrected chi connectivity index (χ1v) is 12.0. The third kappa shape index (κ3) is 4.49. The Hall–Kier alpha value is -3.05. The molecule has 176 valence electrons. The molecule has 0 unspecified atom stereocenters. The first kappa shape index (κ1) is 22.7. The third-order valence-corrected chi connectivity index (χ3v) is 7.40. The summed E-state index contributed by atoms with van der Waals surface area (Å²) in [4.78, 5) is 16.1. The summed E-state index contributed by atoms with van der Waals surface area (Å²) in [6, 6.07) is 16.1. The number of hydrogen-bond donors (Lipinski definition) is 0. The molecule has 3 atom stereocenters. The summed E-state index contributed by atoms with van der Waals surface area (Å²) in [6.07, 6.45) is 4.33. The van der Waals surface area contributed by atoms with E-state index in [1.807, 2.05) is 24.3 Å². The summed E-state index contributed by atoms with van der Waals surface area (Å²) < 4.78 is 25.6. The standard InChI is InChI=1S/C29H30FNO3/c1-17(18(2)32)29(21-8-9-21)22-10-11-23-16-34-27(13-24(23)12-22)20-6-4-19(5-7-20)25-14-28(33-3)31-15-26(25)30/h4-7,10-12,14-15,17,21,27,29H,8-9,13,16H2,1-3H3/t17-,27-,29+/m1/s1. The molecule has 3 aromatic rings. The number of fused-ring (bicyclic) bond motifs is 1. The van der Waals surface area contributed by atoms with Crippen molar-refractivity contribution in [1.29, 1.82) is 0 Å². The molecule has 4 nitrogen and oxygen atoms in total. The van der Waals surface area contributed by atoms with E-state index in [-0.39, 0.29) is 23.6 Å². The fourth-order valence-corrected chi connectivity index (χ4v) is 5.15. The molecule has 5 rings (SSSR count). The van der Waals surface area contributed by atoms with Crippen molar-refractivity contribution in [2.45, 2.75) is 51.7 Å². The Kier molecular flexibility index (Phi) is 6.22. The van der Waals surface area contributed by atoms with Gasteiger partial charge in [0.05, 0.1) is 26.0 Å². The van der Waals surface area contributed by atoms with Crippen molar-refractivity contribution in [3.63, 3.8) is 0 Å². The number of rotatable bonds is 7. The predicted molar refractivity (Wildman–Crippen MR) is 129 cm³/mol. The van der Waals surface area contributed by atoms with Crippen LogP contribution < -0.4 is 4.74 Å². The maximum Gasteiger partial charge on any atom is 0.213 e. The first-order chi connectivity index (χ1) is 16.4. The normalized spacial score (nSPS) is 19.2. The highest BCUT2D eigenvalue weighted by atomic mass is 19.1. The van der Waals surface area contributed by atoms with E-state index in [1.54, 1.807) is 13.0 Å². The Morgan fingerprint density at radius 2 is 1.88 bits per heavy atom. The molecule has 0 radical (unpaired) electrons. The SMILES string of the molecule is COc1cc(-c2ccc([C@H]3Cc4cc([C@H](C5CC5)[C@H](C)C(C)=O)ccc4CO3)cc2)c(F)cn1. The number of pyridine rings is 1. The Morgan fingerprint density at radius 3 is 2.56 bits per heavy atom. The van der Waals surface area contributed by atoms with Gasteiger partial charge in [0.1, 0.15) is 11.6 Å². The van der Waals surface area contributed by atoms with Crippen molar-refractivity contribution in [3.05, 3.63) is 82.8 Å². The summed E-state index contributed by atoms with van der Waals surface area (Å²) in [7, 11) is 1.52. The Morgan fingerprint density at radius 1 is 1.12 bits per heavy atom. The smallest absolute Gasteiger partial charge is 0.213 e. The maximum atomic E-state index is 14.3. The number of nitrogens with zero attached hydrogens (tertiary/aromatic N) is 1. The van der Waals surface area contributed by atoms with E-state index in [4.69, 9.17) is 9.47 Å². The van der Waals surface area contributed by atoms with Crippen LogP contribution in [0.2, 0.25) is 0 Å². The highest BCUT2D eigenvalue weighted by Crippen LogP contribution is 2.47. The second kappa shape index (κ2) is 9.30. The quantitative estimate of drug-likeness (QED) is 0.409. The number of ketones is 1. The molecule has 2 aromatic carbocycles. The van der Waals surface area contributed by atoms with Crippen LogP contribution in [-0.4, -0.2) is 17.9 Å². The largest absolute Gasteiger partial charge is 0.481 e. The van der Waals surface area contributed by atoms with Crippen molar-refractivity contribution in [2.75, 3.05) is 7.11 Å². The number of hydrogen-bond acceptors (Lipinski definition) is 4. The van der Waals surface area contributed by atoms with Crippen LogP contribution >= 0.6 is 0 Å². The van der Waals surface area contributed by atoms with Crippen LogP contribution in [0.3, 0.4) is 0 Å². The molecule has 0 saturated heterocycles. The van der Waals surface area contributed by atoms with Crippen molar-refractivity contribution < 1.29 is 18.7 Å². The number of halogens is 1. The summed E-state index contributed by atoms with van der Waals surface area (Å²) in [5, 5.41) is 0. The van der Waals surface area contributed by atoms with Gasteiger partial charge in [0, 0.05) is 24.0 Å². The topological polar surface area (TPSA) is 48.4 Å². The van der Waals surface area contributed by atoms with E-state index < -0.39 is 0 Å². The molecule has 1 aromatic heterocycles. The van der Waals surface area contributed by atoms with Gasteiger partial charge in [-0.3, -0.25) is 4.79 Å². The van der Waals surface area contributed by atoms with Crippen LogP contribution in [-0.2, 0) is 22.6 Å². The van der Waals surface area contributed by atoms with E-state index in [1.165, 1.54) is 42.8 Å². The fourth-order valence-electron chi connectivity index (χ4n) is 5.15. The van der Waals surface area contributed by atoms with E-state index in [2.05, 4.69) is 30.1 Å².